The van der Waals surface area contributed by atoms with Gasteiger partial charge in [-0.1, -0.05) is 0 Å². The first-order valence-electron chi connectivity index (χ1n) is 5.18. The van der Waals surface area contributed by atoms with E-state index in [4.69, 9.17) is 5.73 Å². The van der Waals surface area contributed by atoms with E-state index in [-0.39, 0.29) is 11.5 Å². The maximum Gasteiger partial charge on any atom is 0.268 e. The Balaban J connectivity index is 2.43. The number of nitrogens with two attached hydrogens (primary N) is 1. The van der Waals surface area contributed by atoms with Crippen LogP contribution in [0.1, 0.15) is 0 Å². The van der Waals surface area contributed by atoms with Crippen molar-refractivity contribution in [3.8, 4) is 0 Å². The fraction of sp³-hybridized carbons (Fsp3) is 0. The maximum atomic E-state index is 13.6. The van der Waals surface area contributed by atoms with Crippen molar-refractivity contribution in [3.05, 3.63) is 47.9 Å². The highest BCUT2D eigenvalue weighted by Gasteiger charge is 2.25. The van der Waals surface area contributed by atoms with Gasteiger partial charge in [0.1, 0.15) is 23.3 Å². The van der Waals surface area contributed by atoms with Gasteiger partial charge in [-0.05, 0) is 24.3 Å². The van der Waals surface area contributed by atoms with Gasteiger partial charge in [0.15, 0.2) is 4.90 Å². The summed E-state index contributed by atoms with van der Waals surface area (Å²) in [4.78, 5) is 2.25. The molecular weight excluding hydrogens is 295 g/mol. The van der Waals surface area contributed by atoms with E-state index < -0.39 is 32.4 Å². The Morgan fingerprint density at radius 1 is 1.10 bits per heavy atom. The summed E-state index contributed by atoms with van der Waals surface area (Å²) >= 11 is 0. The van der Waals surface area contributed by atoms with Crippen LogP contribution in [-0.4, -0.2) is 13.4 Å². The molecule has 0 aliphatic heterocycles. The summed E-state index contributed by atoms with van der Waals surface area (Å²) in [6.45, 7) is 0. The van der Waals surface area contributed by atoms with Crippen LogP contribution in [0.2, 0.25) is 0 Å². The molecule has 1 heterocycles. The van der Waals surface area contributed by atoms with Crippen LogP contribution in [0.3, 0.4) is 0 Å². The molecule has 9 heteroatoms. The van der Waals surface area contributed by atoms with E-state index in [1.165, 1.54) is 0 Å². The molecule has 3 N–H and O–H groups in total. The smallest absolute Gasteiger partial charge is 0.268 e. The number of nitrogens with zero attached hydrogens (tertiary/aromatic N) is 1. The number of benzene rings is 1. The number of halogens is 3. The Morgan fingerprint density at radius 2 is 1.70 bits per heavy atom. The molecular formula is C11H8F3N3O2S. The quantitative estimate of drug-likeness (QED) is 0.848. The zero-order chi connectivity index (χ0) is 14.9. The summed E-state index contributed by atoms with van der Waals surface area (Å²) in [5, 5.41) is 0. The van der Waals surface area contributed by atoms with Crippen molar-refractivity contribution in [2.75, 3.05) is 10.5 Å². The van der Waals surface area contributed by atoms with E-state index in [0.717, 1.165) is 18.3 Å². The van der Waals surface area contributed by atoms with Crippen molar-refractivity contribution in [1.82, 2.24) is 4.98 Å². The Kier molecular flexibility index (Phi) is 3.53. The van der Waals surface area contributed by atoms with Crippen LogP contribution in [0, 0.1) is 17.5 Å². The highest BCUT2D eigenvalue weighted by atomic mass is 32.2. The van der Waals surface area contributed by atoms with Crippen molar-refractivity contribution in [3.63, 3.8) is 0 Å². The molecule has 5 nitrogen and oxygen atoms in total. The molecule has 20 heavy (non-hydrogen) atoms. The molecule has 0 saturated carbocycles. The first kappa shape index (κ1) is 14.1. The van der Waals surface area contributed by atoms with Gasteiger partial charge in [-0.3, -0.25) is 4.72 Å². The lowest BCUT2D eigenvalue weighted by atomic mass is 10.3. The molecule has 1 aromatic carbocycles. The van der Waals surface area contributed by atoms with E-state index in [1.54, 1.807) is 0 Å². The lowest BCUT2D eigenvalue weighted by molar-refractivity contribution is 0.522. The second kappa shape index (κ2) is 5.00. The van der Waals surface area contributed by atoms with Crippen LogP contribution >= 0.6 is 0 Å². The van der Waals surface area contributed by atoms with Gasteiger partial charge in [0.25, 0.3) is 10.0 Å². The summed E-state index contributed by atoms with van der Waals surface area (Å²) in [6.07, 6.45) is 0.757. The maximum absolute atomic E-state index is 13.6. The SMILES string of the molecule is Nc1cc(F)c(S(=O)(=O)Nc2ccc(F)cn2)c(F)c1. The van der Waals surface area contributed by atoms with Crippen LogP contribution in [-0.2, 0) is 10.0 Å². The van der Waals surface area contributed by atoms with Crippen molar-refractivity contribution < 1.29 is 21.6 Å². The molecule has 0 unspecified atom stereocenters. The molecule has 1 aromatic heterocycles. The minimum Gasteiger partial charge on any atom is -0.399 e. The van der Waals surface area contributed by atoms with E-state index >= 15 is 0 Å². The van der Waals surface area contributed by atoms with Gasteiger partial charge in [-0.25, -0.2) is 26.6 Å². The molecule has 0 aliphatic rings. The Hall–Kier alpha value is -2.29. The molecule has 106 valence electrons. The molecule has 0 aliphatic carbocycles. The first-order chi connectivity index (χ1) is 9.29. The van der Waals surface area contributed by atoms with Crippen molar-refractivity contribution in [2.45, 2.75) is 4.90 Å². The number of hydrogen-bond donors (Lipinski definition) is 2. The van der Waals surface area contributed by atoms with E-state index in [1.807, 2.05) is 4.72 Å². The van der Waals surface area contributed by atoms with Crippen molar-refractivity contribution >= 4 is 21.5 Å². The number of sulfonamides is 1. The molecule has 2 aromatic rings. The monoisotopic (exact) mass is 303 g/mol. The van der Waals surface area contributed by atoms with Crippen LogP contribution in [0.4, 0.5) is 24.7 Å². The molecule has 0 fully saturated rings. The zero-order valence-corrected chi connectivity index (χ0v) is 10.6. The van der Waals surface area contributed by atoms with Crippen LogP contribution in [0.25, 0.3) is 0 Å². The third-order valence-corrected chi connectivity index (χ3v) is 3.66. The minimum absolute atomic E-state index is 0.251. The van der Waals surface area contributed by atoms with Crippen molar-refractivity contribution in [2.24, 2.45) is 0 Å². The summed E-state index contributed by atoms with van der Waals surface area (Å²) in [5.41, 5.74) is 4.94. The molecule has 0 saturated heterocycles. The topological polar surface area (TPSA) is 85.1 Å². The number of anilines is 2. The molecule has 0 atom stereocenters. The second-order valence-electron chi connectivity index (χ2n) is 3.78. The van der Waals surface area contributed by atoms with Gasteiger partial charge < -0.3 is 5.73 Å². The highest BCUT2D eigenvalue weighted by Crippen LogP contribution is 2.23. The summed E-state index contributed by atoms with van der Waals surface area (Å²) in [7, 11) is -4.54. The average Bonchev–Trinajstić information content (AvgIpc) is 2.30. The number of pyridine rings is 1. The predicted molar refractivity (Wildman–Crippen MR) is 65.8 cm³/mol. The zero-order valence-electron chi connectivity index (χ0n) is 9.77. The Bertz CT molecular complexity index is 725. The normalized spacial score (nSPS) is 11.3. The third kappa shape index (κ3) is 2.82. The average molecular weight is 303 g/mol. The van der Waals surface area contributed by atoms with E-state index in [9.17, 15) is 21.6 Å². The standard InChI is InChI=1S/C11H8F3N3O2S/c12-6-1-2-10(16-5-6)17-20(18,19)11-8(13)3-7(15)4-9(11)14/h1-5H,15H2,(H,16,17). The van der Waals surface area contributed by atoms with Crippen LogP contribution in [0.5, 0.6) is 0 Å². The molecule has 2 rings (SSSR count). The van der Waals surface area contributed by atoms with Gasteiger partial charge >= 0.3 is 0 Å². The Morgan fingerprint density at radius 3 is 2.20 bits per heavy atom. The predicted octanol–water partition coefficient (Wildman–Crippen LogP) is 1.88. The second-order valence-corrected chi connectivity index (χ2v) is 5.40. The van der Waals surface area contributed by atoms with Gasteiger partial charge in [0, 0.05) is 5.69 Å². The van der Waals surface area contributed by atoms with Crippen LogP contribution < -0.4 is 10.5 Å². The minimum atomic E-state index is -4.54. The number of nitrogens with one attached hydrogen (secondary N) is 1. The third-order valence-electron chi connectivity index (χ3n) is 2.26. The number of rotatable bonds is 3. The summed E-state index contributed by atoms with van der Waals surface area (Å²) in [5.74, 6) is -3.63. The number of nitrogen functional groups attached to an aromatic ring is 1. The molecule has 0 spiro atoms. The highest BCUT2D eigenvalue weighted by molar-refractivity contribution is 7.92. The first-order valence-corrected chi connectivity index (χ1v) is 6.67. The fourth-order valence-corrected chi connectivity index (χ4v) is 2.59. The van der Waals surface area contributed by atoms with E-state index in [0.29, 0.717) is 12.1 Å². The van der Waals surface area contributed by atoms with Gasteiger partial charge in [-0.15, -0.1) is 0 Å². The molecule has 0 radical (unpaired) electrons. The lowest BCUT2D eigenvalue weighted by Crippen LogP contribution is -2.17. The van der Waals surface area contributed by atoms with Crippen molar-refractivity contribution in [1.29, 1.82) is 0 Å². The number of aromatic nitrogens is 1. The lowest BCUT2D eigenvalue weighted by Gasteiger charge is -2.09. The summed E-state index contributed by atoms with van der Waals surface area (Å²) in [6, 6.07) is 3.31. The van der Waals surface area contributed by atoms with Gasteiger partial charge in [0.05, 0.1) is 6.20 Å². The Labute approximate surface area is 112 Å². The largest absolute Gasteiger partial charge is 0.399 e. The summed E-state index contributed by atoms with van der Waals surface area (Å²) < 4.78 is 65.3. The van der Waals surface area contributed by atoms with Gasteiger partial charge in [-0.2, -0.15) is 0 Å². The molecule has 0 bridgehead atoms. The van der Waals surface area contributed by atoms with Gasteiger partial charge in [0.2, 0.25) is 0 Å². The van der Waals surface area contributed by atoms with E-state index in [2.05, 4.69) is 4.98 Å². The number of hydrogen-bond acceptors (Lipinski definition) is 4. The molecule has 0 amide bonds. The fourth-order valence-electron chi connectivity index (χ4n) is 1.46. The van der Waals surface area contributed by atoms with Crippen LogP contribution in [0.15, 0.2) is 35.4 Å².